The van der Waals surface area contributed by atoms with Crippen molar-refractivity contribution in [1.29, 1.82) is 0 Å². The molecule has 3 aromatic rings. The number of nitrogens with one attached hydrogen (secondary N) is 3. The van der Waals surface area contributed by atoms with E-state index >= 15 is 0 Å². The number of amides is 2. The molecule has 0 unspecified atom stereocenters. The number of halogens is 1. The maximum atomic E-state index is 12.1. The van der Waals surface area contributed by atoms with Gasteiger partial charge in [-0.1, -0.05) is 11.6 Å². The Morgan fingerprint density at radius 3 is 2.72 bits per heavy atom. The molecule has 0 fully saturated rings. The molecule has 1 heterocycles. The highest BCUT2D eigenvalue weighted by Crippen LogP contribution is 2.14. The van der Waals surface area contributed by atoms with Crippen LogP contribution in [-0.4, -0.2) is 28.6 Å². The van der Waals surface area contributed by atoms with Crippen LogP contribution >= 0.6 is 11.6 Å². The molecule has 0 atom stereocenters. The minimum Gasteiger partial charge on any atom is -0.352 e. The van der Waals surface area contributed by atoms with Crippen molar-refractivity contribution < 1.29 is 9.59 Å². The van der Waals surface area contributed by atoms with Gasteiger partial charge in [0.1, 0.15) is 0 Å². The summed E-state index contributed by atoms with van der Waals surface area (Å²) in [6, 6.07) is 12.3. The summed E-state index contributed by atoms with van der Waals surface area (Å²) < 4.78 is 0. The quantitative estimate of drug-likeness (QED) is 0.592. The highest BCUT2D eigenvalue weighted by Gasteiger charge is 2.07. The Labute approximate surface area is 149 Å². The molecule has 3 N–H and O–H groups in total. The van der Waals surface area contributed by atoms with Crippen molar-refractivity contribution in [2.45, 2.75) is 12.8 Å². The number of hydrogen-bond donors (Lipinski definition) is 3. The Hall–Kier alpha value is -2.86. The van der Waals surface area contributed by atoms with E-state index in [2.05, 4.69) is 20.8 Å². The van der Waals surface area contributed by atoms with Crippen molar-refractivity contribution in [3.05, 3.63) is 59.2 Å². The van der Waals surface area contributed by atoms with Crippen LogP contribution < -0.4 is 10.6 Å². The van der Waals surface area contributed by atoms with Crippen molar-refractivity contribution in [3.63, 3.8) is 0 Å². The molecule has 7 heteroatoms. The molecule has 0 aliphatic rings. The minimum absolute atomic E-state index is 0.101. The van der Waals surface area contributed by atoms with Gasteiger partial charge >= 0.3 is 0 Å². The first-order chi connectivity index (χ1) is 12.1. The van der Waals surface area contributed by atoms with E-state index in [1.165, 1.54) is 0 Å². The Morgan fingerprint density at radius 2 is 1.92 bits per heavy atom. The smallest absolute Gasteiger partial charge is 0.251 e. The van der Waals surface area contributed by atoms with Crippen molar-refractivity contribution in [1.82, 2.24) is 15.5 Å². The van der Waals surface area contributed by atoms with Gasteiger partial charge in [0.15, 0.2) is 0 Å². The molecule has 25 heavy (non-hydrogen) atoms. The van der Waals surface area contributed by atoms with E-state index in [4.69, 9.17) is 11.6 Å². The third kappa shape index (κ3) is 4.58. The number of aromatic nitrogens is 2. The molecule has 6 nitrogen and oxygen atoms in total. The van der Waals surface area contributed by atoms with E-state index in [0.29, 0.717) is 35.7 Å². The predicted molar refractivity (Wildman–Crippen MR) is 97.7 cm³/mol. The number of aromatic amines is 1. The van der Waals surface area contributed by atoms with Crippen LogP contribution in [0.3, 0.4) is 0 Å². The average molecular weight is 357 g/mol. The fraction of sp³-hybridized carbons (Fsp3) is 0.167. The Morgan fingerprint density at radius 1 is 1.12 bits per heavy atom. The molecular weight excluding hydrogens is 340 g/mol. The summed E-state index contributed by atoms with van der Waals surface area (Å²) in [5.74, 6) is -0.266. The number of carbonyl (C=O) groups excluding carboxylic acids is 2. The van der Waals surface area contributed by atoms with Crippen molar-refractivity contribution in [2.24, 2.45) is 0 Å². The molecule has 0 spiro atoms. The molecule has 2 aromatic carbocycles. The van der Waals surface area contributed by atoms with Gasteiger partial charge < -0.3 is 10.6 Å². The first kappa shape index (κ1) is 17.0. The summed E-state index contributed by atoms with van der Waals surface area (Å²) >= 11 is 5.80. The zero-order valence-electron chi connectivity index (χ0n) is 13.4. The lowest BCUT2D eigenvalue weighted by Crippen LogP contribution is -2.25. The third-order valence-corrected chi connectivity index (χ3v) is 3.95. The molecule has 3 rings (SSSR count). The van der Waals surface area contributed by atoms with E-state index < -0.39 is 0 Å². The average Bonchev–Trinajstić information content (AvgIpc) is 3.08. The summed E-state index contributed by atoms with van der Waals surface area (Å²) in [7, 11) is 0. The van der Waals surface area contributed by atoms with E-state index in [-0.39, 0.29) is 11.8 Å². The van der Waals surface area contributed by atoms with E-state index in [9.17, 15) is 9.59 Å². The van der Waals surface area contributed by atoms with Gasteiger partial charge in [-0.15, -0.1) is 0 Å². The first-order valence-electron chi connectivity index (χ1n) is 7.88. The number of carbonyl (C=O) groups is 2. The number of benzene rings is 2. The second-order valence-corrected chi connectivity index (χ2v) is 6.02. The zero-order valence-corrected chi connectivity index (χ0v) is 14.1. The fourth-order valence-corrected chi connectivity index (χ4v) is 2.52. The van der Waals surface area contributed by atoms with E-state index in [0.717, 1.165) is 10.9 Å². The lowest BCUT2D eigenvalue weighted by Gasteiger charge is -2.07. The van der Waals surface area contributed by atoms with Gasteiger partial charge in [-0.3, -0.25) is 14.7 Å². The van der Waals surface area contributed by atoms with Crippen LogP contribution in [0.2, 0.25) is 5.02 Å². The monoisotopic (exact) mass is 356 g/mol. The maximum absolute atomic E-state index is 12.1. The van der Waals surface area contributed by atoms with Crippen molar-refractivity contribution in [3.8, 4) is 0 Å². The Balaban J connectivity index is 1.42. The number of hydrogen-bond acceptors (Lipinski definition) is 3. The van der Waals surface area contributed by atoms with Crippen LogP contribution in [0.5, 0.6) is 0 Å². The molecule has 0 radical (unpaired) electrons. The van der Waals surface area contributed by atoms with Gasteiger partial charge in [0.25, 0.3) is 5.91 Å². The maximum Gasteiger partial charge on any atom is 0.251 e. The van der Waals surface area contributed by atoms with Gasteiger partial charge in [-0.05, 0) is 48.9 Å². The zero-order chi connectivity index (χ0) is 17.6. The number of nitrogens with zero attached hydrogens (tertiary/aromatic N) is 1. The molecule has 0 aliphatic carbocycles. The number of H-pyrrole nitrogens is 1. The lowest BCUT2D eigenvalue weighted by atomic mass is 10.1. The number of anilines is 1. The number of rotatable bonds is 6. The summed E-state index contributed by atoms with van der Waals surface area (Å²) in [6.45, 7) is 0.427. The van der Waals surface area contributed by atoms with Crippen LogP contribution in [0, 0.1) is 0 Å². The van der Waals surface area contributed by atoms with E-state index in [1.807, 2.05) is 6.07 Å². The predicted octanol–water partition coefficient (Wildman–Crippen LogP) is 3.37. The molecule has 0 saturated carbocycles. The SMILES string of the molecule is O=C(CCCNC(=O)c1ccc2[nH]ncc2c1)Nc1ccc(Cl)cc1. The normalized spacial score (nSPS) is 10.6. The van der Waals surface area contributed by atoms with Crippen LogP contribution in [0.4, 0.5) is 5.69 Å². The van der Waals surface area contributed by atoms with Gasteiger partial charge in [-0.2, -0.15) is 5.10 Å². The fourth-order valence-electron chi connectivity index (χ4n) is 2.39. The second-order valence-electron chi connectivity index (χ2n) is 5.59. The van der Waals surface area contributed by atoms with E-state index in [1.54, 1.807) is 42.6 Å². The van der Waals surface area contributed by atoms with Crippen molar-refractivity contribution in [2.75, 3.05) is 11.9 Å². The first-order valence-corrected chi connectivity index (χ1v) is 8.26. The summed E-state index contributed by atoms with van der Waals surface area (Å²) in [6.07, 6.45) is 2.55. The molecule has 0 bridgehead atoms. The van der Waals surface area contributed by atoms with Crippen LogP contribution in [-0.2, 0) is 4.79 Å². The molecular formula is C18H17ClN4O2. The second kappa shape index (κ2) is 7.81. The summed E-state index contributed by atoms with van der Waals surface area (Å²) in [5.41, 5.74) is 2.15. The summed E-state index contributed by atoms with van der Waals surface area (Å²) in [5, 5.41) is 13.9. The molecule has 2 amide bonds. The topological polar surface area (TPSA) is 86.9 Å². The highest BCUT2D eigenvalue weighted by molar-refractivity contribution is 6.30. The van der Waals surface area contributed by atoms with Crippen LogP contribution in [0.1, 0.15) is 23.2 Å². The molecule has 0 aliphatic heterocycles. The third-order valence-electron chi connectivity index (χ3n) is 3.70. The van der Waals surface area contributed by atoms with Gasteiger partial charge in [0.2, 0.25) is 5.91 Å². The largest absolute Gasteiger partial charge is 0.352 e. The highest BCUT2D eigenvalue weighted by atomic mass is 35.5. The van der Waals surface area contributed by atoms with Gasteiger partial charge in [-0.25, -0.2) is 0 Å². The Bertz CT molecular complexity index is 889. The number of fused-ring (bicyclic) bond motifs is 1. The molecule has 128 valence electrons. The summed E-state index contributed by atoms with van der Waals surface area (Å²) in [4.78, 5) is 24.0. The minimum atomic E-state index is -0.166. The Kier molecular flexibility index (Phi) is 5.30. The van der Waals surface area contributed by atoms with Crippen LogP contribution in [0.15, 0.2) is 48.7 Å². The van der Waals surface area contributed by atoms with Crippen molar-refractivity contribution >= 4 is 40.0 Å². The van der Waals surface area contributed by atoms with Gasteiger partial charge in [0, 0.05) is 34.6 Å². The molecule has 1 aromatic heterocycles. The lowest BCUT2D eigenvalue weighted by molar-refractivity contribution is -0.116. The van der Waals surface area contributed by atoms with Gasteiger partial charge in [0.05, 0.1) is 11.7 Å². The van der Waals surface area contributed by atoms with Crippen LogP contribution in [0.25, 0.3) is 10.9 Å². The molecule has 0 saturated heterocycles. The standard InChI is InChI=1S/C18H17ClN4O2/c19-14-4-6-15(7-5-14)22-17(24)2-1-9-20-18(25)12-3-8-16-13(10-12)11-21-23-16/h3-8,10-11H,1-2,9H2,(H,20,25)(H,21,23)(H,22,24).